The van der Waals surface area contributed by atoms with Crippen molar-refractivity contribution < 1.29 is 22.7 Å². The second-order valence-electron chi connectivity index (χ2n) is 4.19. The molecule has 1 amide bonds. The topological polar surface area (TPSA) is 51.2 Å². The van der Waals surface area contributed by atoms with Crippen LogP contribution in [0.2, 0.25) is 0 Å². The molecule has 22 heavy (non-hydrogen) atoms. The van der Waals surface area contributed by atoms with Crippen LogP contribution in [0.15, 0.2) is 47.1 Å². The van der Waals surface area contributed by atoms with Gasteiger partial charge in [-0.1, -0.05) is 12.1 Å². The first kappa shape index (κ1) is 16.3. The molecule has 0 spiro atoms. The number of hydrogen-bond donors (Lipinski definition) is 1. The number of halogens is 4. The van der Waals surface area contributed by atoms with Crippen molar-refractivity contribution in [1.29, 1.82) is 0 Å². The largest absolute Gasteiger partial charge is 0.467 e. The number of alkyl halides is 3. The Bertz CT molecular complexity index is 677. The molecule has 1 N–H and O–H groups in total. The van der Waals surface area contributed by atoms with Gasteiger partial charge in [-0.2, -0.15) is 13.2 Å². The summed E-state index contributed by atoms with van der Waals surface area (Å²) in [5.74, 6) is -0.985. The molecule has 116 valence electrons. The van der Waals surface area contributed by atoms with Crippen molar-refractivity contribution in [1.82, 2.24) is 4.98 Å². The number of aromatic nitrogens is 1. The summed E-state index contributed by atoms with van der Waals surface area (Å²) in [5.41, 5.74) is 0.403. The van der Waals surface area contributed by atoms with Crippen molar-refractivity contribution in [3.8, 4) is 5.88 Å². The van der Waals surface area contributed by atoms with Gasteiger partial charge in [0.25, 0.3) is 5.91 Å². The maximum atomic E-state index is 12.2. The molecule has 0 fully saturated rings. The fourth-order valence-electron chi connectivity index (χ4n) is 1.58. The molecule has 0 bridgehead atoms. The Morgan fingerprint density at radius 1 is 1.23 bits per heavy atom. The van der Waals surface area contributed by atoms with Gasteiger partial charge in [0.15, 0.2) is 6.61 Å². The van der Waals surface area contributed by atoms with E-state index in [2.05, 4.69) is 31.0 Å². The monoisotopic (exact) mass is 374 g/mol. The molecule has 2 aromatic rings. The fraction of sp³-hybridized carbons (Fsp3) is 0.143. The number of rotatable bonds is 4. The molecule has 0 saturated heterocycles. The maximum Gasteiger partial charge on any atom is 0.422 e. The van der Waals surface area contributed by atoms with Crippen LogP contribution < -0.4 is 10.1 Å². The van der Waals surface area contributed by atoms with E-state index in [9.17, 15) is 18.0 Å². The number of ether oxygens (including phenoxy) is 1. The van der Waals surface area contributed by atoms with E-state index in [1.165, 1.54) is 18.3 Å². The fourth-order valence-corrected chi connectivity index (χ4v) is 1.96. The molecule has 0 aliphatic carbocycles. The Morgan fingerprint density at radius 2 is 1.95 bits per heavy atom. The third-order valence-electron chi connectivity index (χ3n) is 2.51. The molecule has 1 aromatic heterocycles. The summed E-state index contributed by atoms with van der Waals surface area (Å²) in [4.78, 5) is 15.9. The van der Waals surface area contributed by atoms with E-state index in [0.717, 1.165) is 0 Å². The molecule has 0 atom stereocenters. The van der Waals surface area contributed by atoms with Crippen LogP contribution in [0.5, 0.6) is 5.88 Å². The average molecular weight is 375 g/mol. The van der Waals surface area contributed by atoms with E-state index in [1.807, 2.05) is 0 Å². The first-order valence-electron chi connectivity index (χ1n) is 6.07. The van der Waals surface area contributed by atoms with Crippen molar-refractivity contribution in [2.45, 2.75) is 6.18 Å². The van der Waals surface area contributed by atoms with Crippen molar-refractivity contribution in [2.24, 2.45) is 0 Å². The van der Waals surface area contributed by atoms with Gasteiger partial charge in [0.1, 0.15) is 5.56 Å². The Kier molecular flexibility index (Phi) is 5.02. The first-order valence-corrected chi connectivity index (χ1v) is 6.86. The number of pyridine rings is 1. The van der Waals surface area contributed by atoms with E-state index in [4.69, 9.17) is 0 Å². The molecular formula is C14H10BrF3N2O2. The normalized spacial score (nSPS) is 11.1. The van der Waals surface area contributed by atoms with E-state index in [-0.39, 0.29) is 11.4 Å². The van der Waals surface area contributed by atoms with Crippen LogP contribution >= 0.6 is 15.9 Å². The molecule has 4 nitrogen and oxygen atoms in total. The van der Waals surface area contributed by atoms with Gasteiger partial charge < -0.3 is 10.1 Å². The number of amides is 1. The summed E-state index contributed by atoms with van der Waals surface area (Å²) < 4.78 is 41.9. The Morgan fingerprint density at radius 3 is 2.64 bits per heavy atom. The predicted molar refractivity (Wildman–Crippen MR) is 77.9 cm³/mol. The molecule has 0 unspecified atom stereocenters. The lowest BCUT2D eigenvalue weighted by Crippen LogP contribution is -2.22. The van der Waals surface area contributed by atoms with Gasteiger partial charge in [-0.15, -0.1) is 0 Å². The molecule has 0 saturated carbocycles. The van der Waals surface area contributed by atoms with Crippen LogP contribution in [0.3, 0.4) is 0 Å². The summed E-state index contributed by atoms with van der Waals surface area (Å²) in [7, 11) is 0. The number of nitrogens with one attached hydrogen (secondary N) is 1. The van der Waals surface area contributed by atoms with Crippen LogP contribution in [0.4, 0.5) is 18.9 Å². The predicted octanol–water partition coefficient (Wildman–Crippen LogP) is 4.04. The SMILES string of the molecule is O=C(Nc1ccccc1Br)c1cccnc1OCC(F)(F)F. The zero-order chi connectivity index (χ0) is 16.2. The molecule has 8 heteroatoms. The van der Waals surface area contributed by atoms with E-state index < -0.39 is 18.7 Å². The Labute approximate surface area is 132 Å². The second-order valence-corrected chi connectivity index (χ2v) is 5.05. The third-order valence-corrected chi connectivity index (χ3v) is 3.20. The summed E-state index contributed by atoms with van der Waals surface area (Å²) in [6.07, 6.45) is -3.26. The summed E-state index contributed by atoms with van der Waals surface area (Å²) in [6, 6.07) is 9.63. The number of nitrogens with zero attached hydrogens (tertiary/aromatic N) is 1. The molecule has 0 radical (unpaired) electrons. The second kappa shape index (κ2) is 6.78. The highest BCUT2D eigenvalue weighted by Crippen LogP contribution is 2.24. The summed E-state index contributed by atoms with van der Waals surface area (Å²) in [5, 5.41) is 2.58. The number of anilines is 1. The molecular weight excluding hydrogens is 365 g/mol. The van der Waals surface area contributed by atoms with Crippen molar-refractivity contribution in [3.05, 3.63) is 52.6 Å². The highest BCUT2D eigenvalue weighted by atomic mass is 79.9. The zero-order valence-electron chi connectivity index (χ0n) is 11.0. The molecule has 0 aliphatic heterocycles. The van der Waals surface area contributed by atoms with Gasteiger partial charge in [-0.05, 0) is 40.2 Å². The van der Waals surface area contributed by atoms with Gasteiger partial charge in [-0.3, -0.25) is 4.79 Å². The lowest BCUT2D eigenvalue weighted by Gasteiger charge is -2.12. The van der Waals surface area contributed by atoms with Gasteiger partial charge >= 0.3 is 6.18 Å². The standard InChI is InChI=1S/C14H10BrF3N2O2/c15-10-5-1-2-6-11(10)20-12(21)9-4-3-7-19-13(9)22-8-14(16,17)18/h1-7H,8H2,(H,20,21). The first-order chi connectivity index (χ1) is 10.4. The minimum absolute atomic E-state index is 0.0810. The van der Waals surface area contributed by atoms with Gasteiger partial charge in [0, 0.05) is 10.7 Å². The quantitative estimate of drug-likeness (QED) is 0.878. The number of hydrogen-bond acceptors (Lipinski definition) is 3. The number of benzene rings is 1. The minimum atomic E-state index is -4.51. The zero-order valence-corrected chi connectivity index (χ0v) is 12.6. The van der Waals surface area contributed by atoms with Crippen molar-refractivity contribution in [2.75, 3.05) is 11.9 Å². The lowest BCUT2D eigenvalue weighted by atomic mass is 10.2. The number of carbonyl (C=O) groups is 1. The van der Waals surface area contributed by atoms with Crippen LogP contribution in [0, 0.1) is 0 Å². The molecule has 1 heterocycles. The van der Waals surface area contributed by atoms with E-state index in [0.29, 0.717) is 10.2 Å². The van der Waals surface area contributed by atoms with Crippen LogP contribution in [-0.4, -0.2) is 23.7 Å². The number of para-hydroxylation sites is 1. The minimum Gasteiger partial charge on any atom is -0.467 e. The van der Waals surface area contributed by atoms with Gasteiger partial charge in [0.05, 0.1) is 5.69 Å². The van der Waals surface area contributed by atoms with Crippen LogP contribution in [0.1, 0.15) is 10.4 Å². The number of carbonyl (C=O) groups excluding carboxylic acids is 1. The van der Waals surface area contributed by atoms with Gasteiger partial charge in [0.2, 0.25) is 5.88 Å². The highest BCUT2D eigenvalue weighted by Gasteiger charge is 2.29. The van der Waals surface area contributed by atoms with Crippen LogP contribution in [0.25, 0.3) is 0 Å². The summed E-state index contributed by atoms with van der Waals surface area (Å²) in [6.45, 7) is -1.51. The Balaban J connectivity index is 2.18. The highest BCUT2D eigenvalue weighted by molar-refractivity contribution is 9.10. The summed E-state index contributed by atoms with van der Waals surface area (Å²) >= 11 is 3.26. The smallest absolute Gasteiger partial charge is 0.422 e. The van der Waals surface area contributed by atoms with Crippen molar-refractivity contribution >= 4 is 27.5 Å². The van der Waals surface area contributed by atoms with Gasteiger partial charge in [-0.25, -0.2) is 4.98 Å². The lowest BCUT2D eigenvalue weighted by molar-refractivity contribution is -0.154. The van der Waals surface area contributed by atoms with Crippen molar-refractivity contribution in [3.63, 3.8) is 0 Å². The third kappa shape index (κ3) is 4.45. The van der Waals surface area contributed by atoms with E-state index >= 15 is 0 Å². The average Bonchev–Trinajstić information content (AvgIpc) is 2.47. The molecule has 0 aliphatic rings. The van der Waals surface area contributed by atoms with E-state index in [1.54, 1.807) is 24.3 Å². The molecule has 1 aromatic carbocycles. The maximum absolute atomic E-state index is 12.2. The van der Waals surface area contributed by atoms with Crippen LogP contribution in [-0.2, 0) is 0 Å². The molecule has 2 rings (SSSR count). The Hall–Kier alpha value is -2.09.